The van der Waals surface area contributed by atoms with Crippen LogP contribution < -0.4 is 0 Å². The van der Waals surface area contributed by atoms with Crippen LogP contribution in [0.25, 0.3) is 0 Å². The van der Waals surface area contributed by atoms with Crippen LogP contribution in [0.4, 0.5) is 0 Å². The van der Waals surface area contributed by atoms with Crippen LogP contribution in [0.5, 0.6) is 0 Å². The normalized spacial score (nSPS) is 39.6. The molecule has 60 valence electrons. The van der Waals surface area contributed by atoms with Gasteiger partial charge in [0.1, 0.15) is 0 Å². The molecule has 0 radical (unpaired) electrons. The summed E-state index contributed by atoms with van der Waals surface area (Å²) in [5.74, 6) is 1.91. The third kappa shape index (κ3) is 1.74. The molecule has 1 saturated carbocycles. The first-order valence-electron chi connectivity index (χ1n) is 4.51. The molecule has 10 heavy (non-hydrogen) atoms. The smallest absolute Gasteiger partial charge is 0.0351 e. The lowest BCUT2D eigenvalue weighted by Crippen LogP contribution is -2.26. The number of hydrogen-bond donors (Lipinski definition) is 0. The van der Waals surface area contributed by atoms with Gasteiger partial charge in [-0.2, -0.15) is 0 Å². The van der Waals surface area contributed by atoms with Crippen molar-refractivity contribution < 1.29 is 0 Å². The summed E-state index contributed by atoms with van der Waals surface area (Å²) in [7, 11) is 0. The summed E-state index contributed by atoms with van der Waals surface area (Å²) in [5.41, 5.74) is 0.631. The molecule has 0 aromatic carbocycles. The summed E-state index contributed by atoms with van der Waals surface area (Å²) < 4.78 is 0. The highest BCUT2D eigenvalue weighted by Crippen LogP contribution is 2.41. The van der Waals surface area contributed by atoms with Gasteiger partial charge in [-0.05, 0) is 36.5 Å². The maximum Gasteiger partial charge on any atom is -0.0351 e. The van der Waals surface area contributed by atoms with Crippen molar-refractivity contribution in [3.63, 3.8) is 0 Å². The summed E-state index contributed by atoms with van der Waals surface area (Å²) in [4.78, 5) is 0. The average Bonchev–Trinajstić information content (AvgIpc) is 1.79. The van der Waals surface area contributed by atoms with Crippen LogP contribution in [-0.2, 0) is 0 Å². The number of hydrogen-bond acceptors (Lipinski definition) is 0. The van der Waals surface area contributed by atoms with Gasteiger partial charge < -0.3 is 0 Å². The van der Waals surface area contributed by atoms with E-state index in [0.717, 1.165) is 11.8 Å². The van der Waals surface area contributed by atoms with Crippen LogP contribution in [0.3, 0.4) is 0 Å². The minimum atomic E-state index is 0.631. The zero-order valence-corrected chi connectivity index (χ0v) is 7.78. The molecule has 1 aliphatic carbocycles. The molecule has 0 N–H and O–H groups in total. The van der Waals surface area contributed by atoms with E-state index in [-0.39, 0.29) is 0 Å². The van der Waals surface area contributed by atoms with Gasteiger partial charge in [-0.25, -0.2) is 0 Å². The van der Waals surface area contributed by atoms with Gasteiger partial charge in [-0.15, -0.1) is 0 Å². The van der Waals surface area contributed by atoms with E-state index in [4.69, 9.17) is 0 Å². The first-order chi connectivity index (χ1) is 4.51. The minimum absolute atomic E-state index is 0.631. The molecule has 2 unspecified atom stereocenters. The fraction of sp³-hybridized carbons (Fsp3) is 1.00. The zero-order chi connectivity index (χ0) is 7.78. The summed E-state index contributed by atoms with van der Waals surface area (Å²) >= 11 is 0. The molecule has 0 aliphatic heterocycles. The molecule has 1 aliphatic rings. The summed E-state index contributed by atoms with van der Waals surface area (Å²) in [6.07, 6.45) is 4.29. The molecule has 1 fully saturated rings. The second-order valence-electron chi connectivity index (χ2n) is 4.86. The van der Waals surface area contributed by atoms with E-state index in [2.05, 4.69) is 27.7 Å². The predicted molar refractivity (Wildman–Crippen MR) is 46.0 cm³/mol. The van der Waals surface area contributed by atoms with Gasteiger partial charge in [-0.1, -0.05) is 27.7 Å². The van der Waals surface area contributed by atoms with E-state index in [9.17, 15) is 0 Å². The van der Waals surface area contributed by atoms with Crippen molar-refractivity contribution >= 4 is 0 Å². The monoisotopic (exact) mass is 140 g/mol. The lowest BCUT2D eigenvalue weighted by Gasteiger charge is -2.37. The zero-order valence-electron chi connectivity index (χ0n) is 7.78. The Bertz CT molecular complexity index is 113. The molecule has 0 heterocycles. The minimum Gasteiger partial charge on any atom is -0.0623 e. The average molecular weight is 140 g/mol. The van der Waals surface area contributed by atoms with Crippen molar-refractivity contribution in [1.82, 2.24) is 0 Å². The van der Waals surface area contributed by atoms with Crippen LogP contribution in [0, 0.1) is 17.3 Å². The number of rotatable bonds is 0. The highest BCUT2D eigenvalue weighted by atomic mass is 14.3. The van der Waals surface area contributed by atoms with Crippen LogP contribution in [0.1, 0.15) is 47.0 Å². The molecule has 2 atom stereocenters. The van der Waals surface area contributed by atoms with E-state index in [1.54, 1.807) is 0 Å². The van der Waals surface area contributed by atoms with E-state index < -0.39 is 0 Å². The quantitative estimate of drug-likeness (QED) is 0.483. The molecular formula is C10H20. The highest BCUT2D eigenvalue weighted by Gasteiger charge is 2.29. The standard InChI is InChI=1S/C10H20/c1-8-5-6-10(3,4)7-9(8)2/h8-9H,5-7H2,1-4H3. The van der Waals surface area contributed by atoms with Gasteiger partial charge in [0.2, 0.25) is 0 Å². The summed E-state index contributed by atoms with van der Waals surface area (Å²) in [5, 5.41) is 0. The van der Waals surface area contributed by atoms with Crippen molar-refractivity contribution in [3.8, 4) is 0 Å². The van der Waals surface area contributed by atoms with E-state index >= 15 is 0 Å². The second kappa shape index (κ2) is 2.56. The van der Waals surface area contributed by atoms with Crippen LogP contribution in [0.2, 0.25) is 0 Å². The largest absolute Gasteiger partial charge is 0.0623 e. The molecular weight excluding hydrogens is 120 g/mol. The highest BCUT2D eigenvalue weighted by molar-refractivity contribution is 4.80. The third-order valence-electron chi connectivity index (χ3n) is 3.12. The Morgan fingerprint density at radius 3 is 2.10 bits per heavy atom. The van der Waals surface area contributed by atoms with Crippen molar-refractivity contribution in [1.29, 1.82) is 0 Å². The van der Waals surface area contributed by atoms with E-state index in [1.807, 2.05) is 0 Å². The van der Waals surface area contributed by atoms with Gasteiger partial charge in [-0.3, -0.25) is 0 Å². The fourth-order valence-electron chi connectivity index (χ4n) is 2.08. The van der Waals surface area contributed by atoms with Gasteiger partial charge >= 0.3 is 0 Å². The van der Waals surface area contributed by atoms with Crippen molar-refractivity contribution in [2.24, 2.45) is 17.3 Å². The first-order valence-corrected chi connectivity index (χ1v) is 4.51. The van der Waals surface area contributed by atoms with Crippen molar-refractivity contribution in [2.75, 3.05) is 0 Å². The molecule has 0 nitrogen and oxygen atoms in total. The Labute approximate surface area is 65.0 Å². The molecule has 0 spiro atoms. The Kier molecular flexibility index (Phi) is 2.07. The Morgan fingerprint density at radius 2 is 1.70 bits per heavy atom. The summed E-state index contributed by atoms with van der Waals surface area (Å²) in [6.45, 7) is 9.58. The van der Waals surface area contributed by atoms with Gasteiger partial charge in [0.25, 0.3) is 0 Å². The van der Waals surface area contributed by atoms with Crippen molar-refractivity contribution in [2.45, 2.75) is 47.0 Å². The molecule has 0 bridgehead atoms. The maximum atomic E-state index is 2.40. The van der Waals surface area contributed by atoms with Crippen molar-refractivity contribution in [3.05, 3.63) is 0 Å². The predicted octanol–water partition coefficient (Wildman–Crippen LogP) is 3.47. The lowest BCUT2D eigenvalue weighted by molar-refractivity contribution is 0.139. The van der Waals surface area contributed by atoms with E-state index in [1.165, 1.54) is 19.3 Å². The Balaban J connectivity index is 2.49. The first kappa shape index (κ1) is 8.10. The second-order valence-corrected chi connectivity index (χ2v) is 4.86. The molecule has 0 amide bonds. The van der Waals surface area contributed by atoms with Gasteiger partial charge in [0.15, 0.2) is 0 Å². The third-order valence-corrected chi connectivity index (χ3v) is 3.12. The molecule has 0 aromatic rings. The van der Waals surface area contributed by atoms with Gasteiger partial charge in [0.05, 0.1) is 0 Å². The molecule has 0 heteroatoms. The van der Waals surface area contributed by atoms with Crippen LogP contribution in [0.15, 0.2) is 0 Å². The SMILES string of the molecule is CC1CCC(C)(C)CC1C. The van der Waals surface area contributed by atoms with Gasteiger partial charge in [0, 0.05) is 0 Å². The maximum absolute atomic E-state index is 2.40. The van der Waals surface area contributed by atoms with Crippen LogP contribution in [-0.4, -0.2) is 0 Å². The van der Waals surface area contributed by atoms with Crippen LogP contribution >= 0.6 is 0 Å². The lowest BCUT2D eigenvalue weighted by atomic mass is 9.68. The molecule has 0 saturated heterocycles. The molecule has 0 aromatic heterocycles. The van der Waals surface area contributed by atoms with E-state index in [0.29, 0.717) is 5.41 Å². The molecule has 1 rings (SSSR count). The Hall–Kier alpha value is 0. The fourth-order valence-corrected chi connectivity index (χ4v) is 2.08. The summed E-state index contributed by atoms with van der Waals surface area (Å²) in [6, 6.07) is 0. The Morgan fingerprint density at radius 1 is 1.10 bits per heavy atom. The topological polar surface area (TPSA) is 0 Å².